The van der Waals surface area contributed by atoms with E-state index in [1.165, 1.54) is 5.56 Å². The average Bonchev–Trinajstić information content (AvgIpc) is 2.84. The molecular weight excluding hydrogens is 432 g/mol. The van der Waals surface area contributed by atoms with Gasteiger partial charge in [-0.05, 0) is 72.5 Å². The fraction of sp³-hybridized carbons (Fsp3) is 0.222. The quantitative estimate of drug-likeness (QED) is 0.393. The topological polar surface area (TPSA) is 78.1 Å². The van der Waals surface area contributed by atoms with Crippen molar-refractivity contribution in [3.63, 3.8) is 0 Å². The van der Waals surface area contributed by atoms with Crippen LogP contribution >= 0.6 is 0 Å². The summed E-state index contributed by atoms with van der Waals surface area (Å²) in [5.74, 6) is 2.23. The summed E-state index contributed by atoms with van der Waals surface area (Å²) < 4.78 is 21.6. The van der Waals surface area contributed by atoms with Crippen LogP contribution in [0, 0.1) is 13.8 Å². The highest BCUT2D eigenvalue weighted by Gasteiger charge is 2.12. The molecule has 0 unspecified atom stereocenters. The zero-order valence-corrected chi connectivity index (χ0v) is 20.3. The van der Waals surface area contributed by atoms with Gasteiger partial charge in [-0.15, -0.1) is 0 Å². The number of rotatable bonds is 8. The summed E-state index contributed by atoms with van der Waals surface area (Å²) >= 11 is 0. The van der Waals surface area contributed by atoms with Crippen molar-refractivity contribution < 1.29 is 23.7 Å². The summed E-state index contributed by atoms with van der Waals surface area (Å²) in [7, 11) is 6.29. The van der Waals surface area contributed by atoms with Crippen LogP contribution in [0.3, 0.4) is 0 Å². The molecule has 178 valence electrons. The van der Waals surface area contributed by atoms with Crippen molar-refractivity contribution in [1.82, 2.24) is 0 Å². The Hall–Kier alpha value is -4.13. The highest BCUT2D eigenvalue weighted by Crippen LogP contribution is 2.38. The van der Waals surface area contributed by atoms with Gasteiger partial charge in [0.05, 0.1) is 34.1 Å². The van der Waals surface area contributed by atoms with Gasteiger partial charge >= 0.3 is 6.03 Å². The van der Waals surface area contributed by atoms with Crippen molar-refractivity contribution in [2.75, 3.05) is 39.1 Å². The van der Waals surface area contributed by atoms with Gasteiger partial charge in [0.2, 0.25) is 5.75 Å². The van der Waals surface area contributed by atoms with E-state index < -0.39 is 0 Å². The standard InChI is InChI=1S/C27H30N2O5/c1-17-7-11-21(13-18(17)2)28-27(30)29-22-14-19(10-12-23(22)31-3)8-9-20-15-24(32-4)26(34-6)25(16-20)33-5/h7-16H,1-6H3,(H2,28,29,30)/b9-8-. The summed E-state index contributed by atoms with van der Waals surface area (Å²) in [6, 6.07) is 14.7. The molecule has 7 heteroatoms. The van der Waals surface area contributed by atoms with Crippen LogP contribution in [0.15, 0.2) is 48.5 Å². The third-order valence-corrected chi connectivity index (χ3v) is 5.39. The number of ether oxygens (including phenoxy) is 4. The third kappa shape index (κ3) is 5.81. The van der Waals surface area contributed by atoms with Gasteiger partial charge < -0.3 is 29.6 Å². The minimum atomic E-state index is -0.354. The molecule has 0 atom stereocenters. The fourth-order valence-corrected chi connectivity index (χ4v) is 3.42. The van der Waals surface area contributed by atoms with Crippen molar-refractivity contribution in [2.24, 2.45) is 0 Å². The number of carbonyl (C=O) groups is 1. The van der Waals surface area contributed by atoms with Crippen molar-refractivity contribution >= 4 is 29.6 Å². The Morgan fingerprint density at radius 2 is 1.32 bits per heavy atom. The summed E-state index contributed by atoms with van der Waals surface area (Å²) in [4.78, 5) is 12.6. The Bertz CT molecular complexity index is 1180. The van der Waals surface area contributed by atoms with Crippen LogP contribution < -0.4 is 29.6 Å². The molecule has 0 radical (unpaired) electrons. The van der Waals surface area contributed by atoms with Gasteiger partial charge in [-0.1, -0.05) is 24.3 Å². The van der Waals surface area contributed by atoms with E-state index in [0.29, 0.717) is 28.7 Å². The number of amides is 2. The Labute approximate surface area is 200 Å². The second-order valence-corrected chi connectivity index (χ2v) is 7.63. The Morgan fingerprint density at radius 1 is 0.676 bits per heavy atom. The molecule has 0 aliphatic rings. The molecule has 0 fully saturated rings. The van der Waals surface area contributed by atoms with Crippen molar-refractivity contribution in [3.8, 4) is 23.0 Å². The molecule has 0 aliphatic carbocycles. The molecule has 0 bridgehead atoms. The average molecular weight is 463 g/mol. The molecule has 3 aromatic carbocycles. The van der Waals surface area contributed by atoms with Gasteiger partial charge in [-0.2, -0.15) is 0 Å². The second kappa shape index (κ2) is 11.1. The molecule has 3 rings (SSSR count). The van der Waals surface area contributed by atoms with Crippen molar-refractivity contribution in [3.05, 3.63) is 70.8 Å². The van der Waals surface area contributed by atoms with E-state index in [2.05, 4.69) is 10.6 Å². The minimum absolute atomic E-state index is 0.354. The molecule has 2 amide bonds. The van der Waals surface area contributed by atoms with Gasteiger partial charge in [-0.25, -0.2) is 4.79 Å². The highest BCUT2D eigenvalue weighted by molar-refractivity contribution is 6.01. The molecule has 0 aromatic heterocycles. The maximum atomic E-state index is 12.6. The van der Waals surface area contributed by atoms with Gasteiger partial charge in [-0.3, -0.25) is 0 Å². The Balaban J connectivity index is 1.81. The number of methoxy groups -OCH3 is 4. The van der Waals surface area contributed by atoms with Gasteiger partial charge in [0, 0.05) is 5.69 Å². The minimum Gasteiger partial charge on any atom is -0.495 e. The summed E-state index contributed by atoms with van der Waals surface area (Å²) in [6.07, 6.45) is 3.85. The first kappa shape index (κ1) is 24.5. The lowest BCUT2D eigenvalue weighted by molar-refractivity contribution is 0.262. The summed E-state index contributed by atoms with van der Waals surface area (Å²) in [5, 5.41) is 5.73. The van der Waals surface area contributed by atoms with E-state index in [9.17, 15) is 4.79 Å². The largest absolute Gasteiger partial charge is 0.495 e. The van der Waals surface area contributed by atoms with Crippen LogP contribution in [0.25, 0.3) is 12.2 Å². The number of aryl methyl sites for hydroxylation is 2. The van der Waals surface area contributed by atoms with Gasteiger partial charge in [0.15, 0.2) is 11.5 Å². The van der Waals surface area contributed by atoms with Gasteiger partial charge in [0.25, 0.3) is 0 Å². The maximum Gasteiger partial charge on any atom is 0.323 e. The van der Waals surface area contributed by atoms with E-state index >= 15 is 0 Å². The predicted molar refractivity (Wildman–Crippen MR) is 137 cm³/mol. The van der Waals surface area contributed by atoms with E-state index in [0.717, 1.165) is 22.4 Å². The highest BCUT2D eigenvalue weighted by atomic mass is 16.5. The van der Waals surface area contributed by atoms with Crippen LogP contribution in [-0.2, 0) is 0 Å². The van der Waals surface area contributed by atoms with Crippen LogP contribution in [0.2, 0.25) is 0 Å². The Kier molecular flexibility index (Phi) is 8.03. The van der Waals surface area contributed by atoms with Gasteiger partial charge in [0.1, 0.15) is 5.75 Å². The first-order valence-corrected chi connectivity index (χ1v) is 10.7. The first-order valence-electron chi connectivity index (χ1n) is 10.7. The van der Waals surface area contributed by atoms with Crippen molar-refractivity contribution in [2.45, 2.75) is 13.8 Å². The molecule has 7 nitrogen and oxygen atoms in total. The smallest absolute Gasteiger partial charge is 0.323 e. The number of carbonyl (C=O) groups excluding carboxylic acids is 1. The van der Waals surface area contributed by atoms with Crippen LogP contribution in [-0.4, -0.2) is 34.5 Å². The normalized spacial score (nSPS) is 10.6. The number of benzene rings is 3. The fourth-order valence-electron chi connectivity index (χ4n) is 3.42. The molecule has 0 saturated carbocycles. The summed E-state index contributed by atoms with van der Waals surface area (Å²) in [6.45, 7) is 4.03. The van der Waals surface area contributed by atoms with E-state index in [-0.39, 0.29) is 6.03 Å². The monoisotopic (exact) mass is 462 g/mol. The van der Waals surface area contributed by atoms with Crippen LogP contribution in [0.4, 0.5) is 16.2 Å². The zero-order chi connectivity index (χ0) is 24.7. The molecule has 2 N–H and O–H groups in total. The lowest BCUT2D eigenvalue weighted by atomic mass is 10.1. The number of hydrogen-bond acceptors (Lipinski definition) is 5. The molecule has 0 spiro atoms. The first-order chi connectivity index (χ1) is 16.4. The molecule has 0 saturated heterocycles. The Morgan fingerprint density at radius 3 is 1.91 bits per heavy atom. The lowest BCUT2D eigenvalue weighted by Crippen LogP contribution is -2.20. The zero-order valence-electron chi connectivity index (χ0n) is 20.3. The maximum absolute atomic E-state index is 12.6. The van der Waals surface area contributed by atoms with E-state index in [1.807, 2.05) is 68.5 Å². The van der Waals surface area contributed by atoms with Crippen LogP contribution in [0.5, 0.6) is 23.0 Å². The van der Waals surface area contributed by atoms with E-state index in [4.69, 9.17) is 18.9 Å². The SMILES string of the molecule is COc1ccc(/C=C\c2cc(OC)c(OC)c(OC)c2)cc1NC(=O)Nc1ccc(C)c(C)c1. The number of anilines is 2. The number of hydrogen-bond donors (Lipinski definition) is 2. The number of nitrogens with one attached hydrogen (secondary N) is 2. The number of urea groups is 1. The predicted octanol–water partition coefficient (Wildman–Crippen LogP) is 6.15. The van der Waals surface area contributed by atoms with Crippen LogP contribution in [0.1, 0.15) is 22.3 Å². The van der Waals surface area contributed by atoms with E-state index in [1.54, 1.807) is 34.5 Å². The molecule has 34 heavy (non-hydrogen) atoms. The molecule has 0 aliphatic heterocycles. The molecular formula is C27H30N2O5. The molecule has 3 aromatic rings. The summed E-state index contributed by atoms with van der Waals surface area (Å²) in [5.41, 5.74) is 5.28. The molecule has 0 heterocycles. The lowest BCUT2D eigenvalue weighted by Gasteiger charge is -2.13. The van der Waals surface area contributed by atoms with Crippen molar-refractivity contribution in [1.29, 1.82) is 0 Å². The second-order valence-electron chi connectivity index (χ2n) is 7.63. The third-order valence-electron chi connectivity index (χ3n) is 5.39.